The highest BCUT2D eigenvalue weighted by molar-refractivity contribution is 5.94. The molecule has 0 atom stereocenters. The van der Waals surface area contributed by atoms with Gasteiger partial charge in [-0.05, 0) is 34.4 Å². The molecule has 8 nitrogen and oxygen atoms in total. The molecule has 2 aromatic rings. The van der Waals surface area contributed by atoms with Crippen LogP contribution in [0.2, 0.25) is 0 Å². The summed E-state index contributed by atoms with van der Waals surface area (Å²) < 4.78 is 6.15. The number of ether oxygens (including phenoxy) is 1. The van der Waals surface area contributed by atoms with Gasteiger partial charge in [0, 0.05) is 5.69 Å². The Balaban J connectivity index is 1.91. The van der Waals surface area contributed by atoms with E-state index in [1.807, 2.05) is 32.0 Å². The van der Waals surface area contributed by atoms with Crippen LogP contribution in [0.25, 0.3) is 0 Å². The zero-order valence-corrected chi connectivity index (χ0v) is 13.2. The fraction of sp³-hybridized carbons (Fsp3) is 0.400. The molecule has 1 amide bonds. The minimum atomic E-state index is -0.577. The van der Waals surface area contributed by atoms with Crippen LogP contribution in [0.15, 0.2) is 24.5 Å². The molecule has 1 heterocycles. The molecule has 1 aromatic heterocycles. The maximum absolute atomic E-state index is 12.0. The van der Waals surface area contributed by atoms with Crippen molar-refractivity contribution in [1.82, 2.24) is 20.2 Å². The number of benzene rings is 1. The number of amides is 1. The Morgan fingerprint density at radius 1 is 1.22 bits per heavy atom. The van der Waals surface area contributed by atoms with Crippen molar-refractivity contribution in [3.05, 3.63) is 35.7 Å². The topological polar surface area (TPSA) is 99.0 Å². The molecule has 0 bridgehead atoms. The van der Waals surface area contributed by atoms with Crippen molar-refractivity contribution in [3.63, 3.8) is 0 Å². The van der Waals surface area contributed by atoms with Crippen molar-refractivity contribution < 1.29 is 14.3 Å². The highest BCUT2D eigenvalue weighted by Gasteiger charge is 2.12. The molecule has 0 aliphatic carbocycles. The zero-order valence-electron chi connectivity index (χ0n) is 13.2. The van der Waals surface area contributed by atoms with Crippen LogP contribution in [0.3, 0.4) is 0 Å². The number of hydrogen-bond acceptors (Lipinski definition) is 6. The van der Waals surface area contributed by atoms with E-state index in [0.717, 1.165) is 29.7 Å². The molecule has 1 N–H and O–H groups in total. The Labute approximate surface area is 133 Å². The van der Waals surface area contributed by atoms with Crippen LogP contribution < -0.4 is 5.32 Å². The summed E-state index contributed by atoms with van der Waals surface area (Å²) in [7, 11) is 0. The Bertz CT molecular complexity index is 648. The van der Waals surface area contributed by atoms with E-state index in [-0.39, 0.29) is 19.1 Å². The molecular formula is C15H19N5O3. The molecule has 0 spiro atoms. The van der Waals surface area contributed by atoms with Crippen LogP contribution in [-0.4, -0.2) is 38.7 Å². The predicted molar refractivity (Wildman–Crippen MR) is 82.6 cm³/mol. The van der Waals surface area contributed by atoms with Gasteiger partial charge in [0.1, 0.15) is 12.9 Å². The first kappa shape index (κ1) is 16.6. The number of tetrazole rings is 1. The van der Waals surface area contributed by atoms with Crippen molar-refractivity contribution in [3.8, 4) is 0 Å². The maximum atomic E-state index is 12.0. The number of nitrogens with zero attached hydrogens (tertiary/aromatic N) is 4. The Morgan fingerprint density at radius 2 is 1.91 bits per heavy atom. The number of aromatic nitrogens is 4. The molecule has 8 heteroatoms. The quantitative estimate of drug-likeness (QED) is 0.764. The number of nitrogens with one attached hydrogen (secondary N) is 1. The number of hydrogen-bond donors (Lipinski definition) is 1. The molecule has 0 aliphatic heterocycles. The molecule has 0 radical (unpaired) electrons. The summed E-state index contributed by atoms with van der Waals surface area (Å²) in [5.74, 6) is -0.947. The summed E-state index contributed by atoms with van der Waals surface area (Å²) in [5.41, 5.74) is 2.91. The third-order valence-electron chi connectivity index (χ3n) is 3.31. The second-order valence-corrected chi connectivity index (χ2v) is 4.87. The van der Waals surface area contributed by atoms with E-state index >= 15 is 0 Å². The highest BCUT2D eigenvalue weighted by atomic mass is 16.5. The van der Waals surface area contributed by atoms with Gasteiger partial charge in [0.15, 0.2) is 6.61 Å². The minimum Gasteiger partial charge on any atom is -0.454 e. The van der Waals surface area contributed by atoms with Gasteiger partial charge < -0.3 is 10.1 Å². The molecule has 0 unspecified atom stereocenters. The molecule has 1 aromatic carbocycles. The number of aryl methyl sites for hydroxylation is 2. The van der Waals surface area contributed by atoms with Crippen LogP contribution in [0.1, 0.15) is 25.0 Å². The second-order valence-electron chi connectivity index (χ2n) is 4.87. The molecule has 0 saturated heterocycles. The van der Waals surface area contributed by atoms with Gasteiger partial charge in [0.2, 0.25) is 0 Å². The maximum Gasteiger partial charge on any atom is 0.328 e. The van der Waals surface area contributed by atoms with Crippen molar-refractivity contribution in [2.24, 2.45) is 0 Å². The van der Waals surface area contributed by atoms with E-state index in [9.17, 15) is 9.59 Å². The summed E-state index contributed by atoms with van der Waals surface area (Å²) in [4.78, 5) is 23.6. The molecule has 122 valence electrons. The average molecular weight is 317 g/mol. The van der Waals surface area contributed by atoms with Gasteiger partial charge in [0.25, 0.3) is 5.91 Å². The number of esters is 1. The number of carbonyl (C=O) groups is 2. The second kappa shape index (κ2) is 8.02. The number of carbonyl (C=O) groups excluding carboxylic acids is 2. The number of anilines is 1. The molecule has 0 aliphatic rings. The monoisotopic (exact) mass is 317 g/mol. The van der Waals surface area contributed by atoms with Crippen molar-refractivity contribution in [1.29, 1.82) is 0 Å². The van der Waals surface area contributed by atoms with Crippen molar-refractivity contribution >= 4 is 17.6 Å². The lowest BCUT2D eigenvalue weighted by atomic mass is 10.0. The fourth-order valence-electron chi connectivity index (χ4n) is 2.16. The fourth-order valence-corrected chi connectivity index (χ4v) is 2.16. The van der Waals surface area contributed by atoms with E-state index in [4.69, 9.17) is 4.74 Å². The van der Waals surface area contributed by atoms with Gasteiger partial charge in [-0.3, -0.25) is 9.59 Å². The van der Waals surface area contributed by atoms with Crippen molar-refractivity contribution in [2.75, 3.05) is 11.9 Å². The average Bonchev–Trinajstić information content (AvgIpc) is 3.06. The largest absolute Gasteiger partial charge is 0.454 e. The molecule has 23 heavy (non-hydrogen) atoms. The van der Waals surface area contributed by atoms with Crippen molar-refractivity contribution in [2.45, 2.75) is 33.2 Å². The summed E-state index contributed by atoms with van der Waals surface area (Å²) in [5, 5.41) is 13.2. The van der Waals surface area contributed by atoms with Gasteiger partial charge in [-0.2, -0.15) is 0 Å². The zero-order chi connectivity index (χ0) is 16.7. The smallest absolute Gasteiger partial charge is 0.328 e. The number of para-hydroxylation sites is 1. The Kier molecular flexibility index (Phi) is 5.79. The van der Waals surface area contributed by atoms with E-state index in [1.54, 1.807) is 0 Å². The highest BCUT2D eigenvalue weighted by Crippen LogP contribution is 2.22. The van der Waals surface area contributed by atoms with E-state index in [1.165, 1.54) is 11.0 Å². The van der Waals surface area contributed by atoms with Gasteiger partial charge in [0.05, 0.1) is 0 Å². The first-order chi connectivity index (χ1) is 11.1. The van der Waals surface area contributed by atoms with E-state index < -0.39 is 5.97 Å². The van der Waals surface area contributed by atoms with Gasteiger partial charge in [-0.15, -0.1) is 5.10 Å². The lowest BCUT2D eigenvalue weighted by Gasteiger charge is -2.14. The summed E-state index contributed by atoms with van der Waals surface area (Å²) in [6.07, 6.45) is 2.91. The summed E-state index contributed by atoms with van der Waals surface area (Å²) in [6, 6.07) is 5.91. The lowest BCUT2D eigenvalue weighted by molar-refractivity contribution is -0.148. The first-order valence-electron chi connectivity index (χ1n) is 7.41. The molecule has 2 rings (SSSR count). The van der Waals surface area contributed by atoms with Gasteiger partial charge in [-0.1, -0.05) is 32.0 Å². The van der Waals surface area contributed by atoms with E-state index in [0.29, 0.717) is 0 Å². The van der Waals surface area contributed by atoms with Crippen LogP contribution >= 0.6 is 0 Å². The minimum absolute atomic E-state index is 0.133. The summed E-state index contributed by atoms with van der Waals surface area (Å²) >= 11 is 0. The molecule has 0 saturated carbocycles. The Morgan fingerprint density at radius 3 is 2.48 bits per heavy atom. The standard InChI is InChI=1S/C15H19N5O3/c1-3-11-6-5-7-12(4-2)15(11)17-13(21)9-23-14(22)8-20-10-16-18-19-20/h5-7,10H,3-4,8-9H2,1-2H3,(H,17,21). The third kappa shape index (κ3) is 4.60. The van der Waals surface area contributed by atoms with Gasteiger partial charge in [-0.25, -0.2) is 4.68 Å². The van der Waals surface area contributed by atoms with Crippen LogP contribution in [0, 0.1) is 0 Å². The normalized spacial score (nSPS) is 10.3. The predicted octanol–water partition coefficient (Wildman–Crippen LogP) is 0.980. The SMILES string of the molecule is CCc1cccc(CC)c1NC(=O)COC(=O)Cn1cnnn1. The molecule has 0 fully saturated rings. The van der Waals surface area contributed by atoms with E-state index in [2.05, 4.69) is 20.8 Å². The van der Waals surface area contributed by atoms with Crippen LogP contribution in [0.5, 0.6) is 0 Å². The first-order valence-corrected chi connectivity index (χ1v) is 7.41. The number of rotatable bonds is 7. The third-order valence-corrected chi connectivity index (χ3v) is 3.31. The van der Waals surface area contributed by atoms with Crippen LogP contribution in [-0.2, 0) is 33.7 Å². The molecular weight excluding hydrogens is 298 g/mol. The van der Waals surface area contributed by atoms with Gasteiger partial charge >= 0.3 is 5.97 Å². The lowest BCUT2D eigenvalue weighted by Crippen LogP contribution is -2.24. The summed E-state index contributed by atoms with van der Waals surface area (Å²) in [6.45, 7) is 3.57. The Hall–Kier alpha value is -2.77. The van der Waals surface area contributed by atoms with Crippen LogP contribution in [0.4, 0.5) is 5.69 Å².